The van der Waals surface area contributed by atoms with Gasteiger partial charge in [-0.25, -0.2) is 14.3 Å². The van der Waals surface area contributed by atoms with Gasteiger partial charge in [-0.05, 0) is 56.1 Å². The number of benzene rings is 2. The molecule has 1 saturated heterocycles. The van der Waals surface area contributed by atoms with Crippen molar-refractivity contribution in [1.82, 2.24) is 29.7 Å². The third kappa shape index (κ3) is 4.90. The van der Waals surface area contributed by atoms with Crippen LogP contribution in [0.25, 0.3) is 16.4 Å². The van der Waals surface area contributed by atoms with Crippen LogP contribution >= 0.6 is 0 Å². The van der Waals surface area contributed by atoms with Gasteiger partial charge in [-0.2, -0.15) is 10.2 Å². The first kappa shape index (κ1) is 23.9. The van der Waals surface area contributed by atoms with E-state index in [9.17, 15) is 4.79 Å². The highest BCUT2D eigenvalue weighted by atomic mass is 16.6. The van der Waals surface area contributed by atoms with Crippen LogP contribution in [0.4, 0.5) is 22.0 Å². The summed E-state index contributed by atoms with van der Waals surface area (Å²) >= 11 is 0. The van der Waals surface area contributed by atoms with Crippen LogP contribution in [0.3, 0.4) is 0 Å². The van der Waals surface area contributed by atoms with Gasteiger partial charge in [0.1, 0.15) is 17.9 Å². The molecule has 6 rings (SSSR count). The van der Waals surface area contributed by atoms with Gasteiger partial charge in [0.05, 0.1) is 30.1 Å². The average molecular weight is 511 g/mol. The van der Waals surface area contributed by atoms with Gasteiger partial charge in [-0.3, -0.25) is 10.00 Å². The van der Waals surface area contributed by atoms with Crippen LogP contribution in [0.1, 0.15) is 30.9 Å². The fourth-order valence-electron chi connectivity index (χ4n) is 5.02. The van der Waals surface area contributed by atoms with Crippen molar-refractivity contribution in [2.45, 2.75) is 38.8 Å². The Kier molecular flexibility index (Phi) is 6.62. The number of ether oxygens (including phenoxy) is 1. The number of carbonyl (C=O) groups excluding carboxylic acids is 1. The van der Waals surface area contributed by atoms with Crippen molar-refractivity contribution >= 4 is 39.7 Å². The molecule has 1 aliphatic rings. The second-order valence-electron chi connectivity index (χ2n) is 9.44. The number of aromatic nitrogens is 5. The summed E-state index contributed by atoms with van der Waals surface area (Å²) in [6.45, 7) is 4.48. The fourth-order valence-corrected chi connectivity index (χ4v) is 5.02. The van der Waals surface area contributed by atoms with Crippen molar-refractivity contribution in [3.05, 3.63) is 78.4 Å². The second-order valence-corrected chi connectivity index (χ2v) is 9.44. The molecule has 0 atom stereocenters. The molecular formula is C28H30N8O2. The molecule has 1 amide bonds. The van der Waals surface area contributed by atoms with Gasteiger partial charge in [-0.1, -0.05) is 37.3 Å². The van der Waals surface area contributed by atoms with Gasteiger partial charge in [0, 0.05) is 16.6 Å². The normalized spacial score (nSPS) is 14.1. The number of hydrogen-bond acceptors (Lipinski definition) is 7. The first-order valence-electron chi connectivity index (χ1n) is 13.0. The molecular weight excluding hydrogens is 480 g/mol. The quantitative estimate of drug-likeness (QED) is 0.290. The largest absolute Gasteiger partial charge is 0.446 e. The van der Waals surface area contributed by atoms with E-state index in [-0.39, 0.29) is 6.10 Å². The molecule has 0 bridgehead atoms. The third-order valence-electron chi connectivity index (χ3n) is 6.91. The molecule has 1 aliphatic heterocycles. The molecule has 0 spiro atoms. The Morgan fingerprint density at radius 1 is 1.13 bits per heavy atom. The van der Waals surface area contributed by atoms with Gasteiger partial charge in [0.2, 0.25) is 0 Å². The monoisotopic (exact) mass is 510 g/mol. The Balaban J connectivity index is 1.24. The molecule has 4 heterocycles. The van der Waals surface area contributed by atoms with Crippen molar-refractivity contribution in [3.8, 4) is 0 Å². The zero-order chi connectivity index (χ0) is 25.9. The molecule has 0 saturated carbocycles. The van der Waals surface area contributed by atoms with Crippen molar-refractivity contribution in [2.24, 2.45) is 0 Å². The molecule has 1 fully saturated rings. The van der Waals surface area contributed by atoms with Crippen molar-refractivity contribution in [2.75, 3.05) is 23.7 Å². The summed E-state index contributed by atoms with van der Waals surface area (Å²) in [5.74, 6) is 0.660. The third-order valence-corrected chi connectivity index (χ3v) is 6.91. The number of nitrogens with zero attached hydrogens (tertiary/aromatic N) is 5. The molecule has 10 nitrogen and oxygen atoms in total. The van der Waals surface area contributed by atoms with Gasteiger partial charge < -0.3 is 15.4 Å². The number of aryl methyl sites for hydroxylation is 1. The zero-order valence-electron chi connectivity index (χ0n) is 21.2. The first-order valence-corrected chi connectivity index (χ1v) is 13.0. The molecule has 0 aliphatic carbocycles. The summed E-state index contributed by atoms with van der Waals surface area (Å²) in [5.41, 5.74) is 5.57. The lowest BCUT2D eigenvalue weighted by Crippen LogP contribution is -2.34. The number of fused-ring (bicyclic) bond motifs is 2. The van der Waals surface area contributed by atoms with Crippen LogP contribution in [0.15, 0.2) is 67.3 Å². The minimum atomic E-state index is -0.442. The molecule has 0 unspecified atom stereocenters. The highest BCUT2D eigenvalue weighted by Gasteiger charge is 2.21. The maximum absolute atomic E-state index is 12.6. The summed E-state index contributed by atoms with van der Waals surface area (Å²) in [4.78, 5) is 17.1. The number of anilines is 3. The number of rotatable bonds is 7. The van der Waals surface area contributed by atoms with Gasteiger partial charge >= 0.3 is 6.09 Å². The minimum Gasteiger partial charge on any atom is -0.446 e. The Bertz CT molecular complexity index is 1570. The lowest BCUT2D eigenvalue weighted by Gasteiger charge is -2.22. The van der Waals surface area contributed by atoms with Gasteiger partial charge in [-0.15, -0.1) is 0 Å². The maximum Gasteiger partial charge on any atom is 0.411 e. The smallest absolute Gasteiger partial charge is 0.411 e. The predicted octanol–water partition coefficient (Wildman–Crippen LogP) is 4.73. The zero-order valence-corrected chi connectivity index (χ0v) is 21.2. The second kappa shape index (κ2) is 10.5. The molecule has 194 valence electrons. The van der Waals surface area contributed by atoms with Gasteiger partial charge in [0.15, 0.2) is 5.82 Å². The Morgan fingerprint density at radius 3 is 2.79 bits per heavy atom. The molecule has 0 radical (unpaired) electrons. The van der Waals surface area contributed by atoms with E-state index in [2.05, 4.69) is 55.4 Å². The minimum absolute atomic E-state index is 0.0673. The van der Waals surface area contributed by atoms with Crippen molar-refractivity contribution in [1.29, 1.82) is 0 Å². The van der Waals surface area contributed by atoms with E-state index in [4.69, 9.17) is 4.74 Å². The number of carbonyl (C=O) groups is 1. The standard InChI is InChI=1S/C28H30N8O2/c1-2-23-24(34-28(37)38-22-10-12-29-13-11-22)17-36-26(23)27(30-18-32-36)33-21-8-9-25-20(14-21)15-31-35(25)16-19-6-4-3-5-7-19/h3-9,14-15,17-18,22,29H,2,10-13,16H2,1H3,(H,34,37)(H,30,32,33). The first-order chi connectivity index (χ1) is 18.7. The van der Waals surface area contributed by atoms with Gasteiger partial charge in [0.25, 0.3) is 0 Å². The summed E-state index contributed by atoms with van der Waals surface area (Å²) in [5, 5.41) is 19.7. The van der Waals surface area contributed by atoms with Crippen LogP contribution in [-0.2, 0) is 17.7 Å². The number of amides is 1. The highest BCUT2D eigenvalue weighted by Crippen LogP contribution is 2.30. The molecule has 10 heteroatoms. The summed E-state index contributed by atoms with van der Waals surface area (Å²) in [7, 11) is 0. The fraction of sp³-hybridized carbons (Fsp3) is 0.286. The summed E-state index contributed by atoms with van der Waals surface area (Å²) in [6, 6.07) is 16.4. The Morgan fingerprint density at radius 2 is 1.97 bits per heavy atom. The van der Waals surface area contributed by atoms with E-state index in [0.717, 1.165) is 53.6 Å². The summed E-state index contributed by atoms with van der Waals surface area (Å²) < 4.78 is 9.38. The average Bonchev–Trinajstić information content (AvgIpc) is 3.50. The molecule has 3 N–H and O–H groups in total. The van der Waals surface area contributed by atoms with Crippen LogP contribution < -0.4 is 16.0 Å². The maximum atomic E-state index is 12.6. The van der Waals surface area contributed by atoms with E-state index >= 15 is 0 Å². The van der Waals surface area contributed by atoms with Crippen LogP contribution in [0, 0.1) is 0 Å². The van der Waals surface area contributed by atoms with Crippen molar-refractivity contribution in [3.63, 3.8) is 0 Å². The topological polar surface area (TPSA) is 110 Å². The number of hydrogen-bond donors (Lipinski definition) is 3. The van der Waals surface area contributed by atoms with E-state index < -0.39 is 6.09 Å². The predicted molar refractivity (Wildman–Crippen MR) is 147 cm³/mol. The van der Waals surface area contributed by atoms with E-state index in [0.29, 0.717) is 24.5 Å². The molecule has 5 aromatic rings. The lowest BCUT2D eigenvalue weighted by atomic mass is 10.1. The molecule has 3 aromatic heterocycles. The van der Waals surface area contributed by atoms with E-state index in [1.54, 1.807) is 4.52 Å². The number of piperidine rings is 1. The highest BCUT2D eigenvalue weighted by molar-refractivity contribution is 5.91. The summed E-state index contributed by atoms with van der Waals surface area (Å²) in [6.07, 6.45) is 7.01. The van der Waals surface area contributed by atoms with Crippen LogP contribution in [-0.4, -0.2) is 49.7 Å². The lowest BCUT2D eigenvalue weighted by molar-refractivity contribution is 0.0909. The Labute approximate surface area is 220 Å². The van der Waals surface area contributed by atoms with Crippen LogP contribution in [0.2, 0.25) is 0 Å². The van der Waals surface area contributed by atoms with E-state index in [1.165, 1.54) is 11.9 Å². The SMILES string of the molecule is CCc1c(NC(=O)OC2CCNCC2)cn2ncnc(Nc3ccc4c(cnn4Cc4ccccc4)c3)c12. The van der Waals surface area contributed by atoms with Crippen molar-refractivity contribution < 1.29 is 9.53 Å². The molecule has 38 heavy (non-hydrogen) atoms. The van der Waals surface area contributed by atoms with Crippen LogP contribution in [0.5, 0.6) is 0 Å². The van der Waals surface area contributed by atoms with E-state index in [1.807, 2.05) is 48.3 Å². The number of nitrogens with one attached hydrogen (secondary N) is 3. The Hall–Kier alpha value is -4.44. The molecule has 2 aromatic carbocycles.